The molecule has 0 saturated heterocycles. The van der Waals surface area contributed by atoms with Crippen LogP contribution in [-0.4, -0.2) is 15.0 Å². The summed E-state index contributed by atoms with van der Waals surface area (Å²) in [5, 5.41) is 8.14. The Morgan fingerprint density at radius 1 is 1.00 bits per heavy atom. The minimum Gasteiger partial charge on any atom is -0.398 e. The Hall–Kier alpha value is -2.70. The number of benzene rings is 2. The molecule has 106 valence electrons. The van der Waals surface area contributed by atoms with Gasteiger partial charge in [0.05, 0.1) is 23.6 Å². The lowest BCUT2D eigenvalue weighted by atomic mass is 10.0. The Bertz CT molecular complexity index is 722. The number of anilines is 1. The number of nitrogens with two attached hydrogens (primary N) is 2. The normalized spacial score (nSPS) is 12.2. The van der Waals surface area contributed by atoms with Crippen LogP contribution in [0.4, 0.5) is 5.69 Å². The van der Waals surface area contributed by atoms with Gasteiger partial charge in [-0.25, -0.2) is 10.1 Å². The Morgan fingerprint density at radius 2 is 1.71 bits per heavy atom. The smallest absolute Gasteiger partial charge is 0.0919 e. The molecule has 21 heavy (non-hydrogen) atoms. The van der Waals surface area contributed by atoms with E-state index in [2.05, 4.69) is 15.7 Å². The molecular formula is C15H16N6. The van der Waals surface area contributed by atoms with E-state index in [0.717, 1.165) is 16.9 Å². The molecule has 1 heterocycles. The van der Waals surface area contributed by atoms with Crippen LogP contribution in [0.25, 0.3) is 5.69 Å². The van der Waals surface area contributed by atoms with Gasteiger partial charge in [0.15, 0.2) is 0 Å². The second-order valence-corrected chi connectivity index (χ2v) is 4.63. The van der Waals surface area contributed by atoms with Gasteiger partial charge in [0.2, 0.25) is 0 Å². The molecule has 5 N–H and O–H groups in total. The van der Waals surface area contributed by atoms with E-state index in [1.165, 1.54) is 0 Å². The van der Waals surface area contributed by atoms with Gasteiger partial charge in [-0.1, -0.05) is 41.6 Å². The average molecular weight is 280 g/mol. The second kappa shape index (κ2) is 5.74. The number of rotatable bonds is 4. The van der Waals surface area contributed by atoms with Crippen molar-refractivity contribution in [3.63, 3.8) is 0 Å². The highest BCUT2D eigenvalue weighted by Gasteiger charge is 2.20. The molecule has 1 aromatic heterocycles. The maximum Gasteiger partial charge on any atom is 0.0919 e. The van der Waals surface area contributed by atoms with Crippen molar-refractivity contribution in [1.29, 1.82) is 0 Å². The average Bonchev–Trinajstić information content (AvgIpc) is 3.00. The second-order valence-electron chi connectivity index (χ2n) is 4.63. The first-order valence-electron chi connectivity index (χ1n) is 6.58. The molecule has 6 nitrogen and oxygen atoms in total. The predicted molar refractivity (Wildman–Crippen MR) is 81.4 cm³/mol. The van der Waals surface area contributed by atoms with Gasteiger partial charge in [-0.05, 0) is 23.8 Å². The number of nitrogens with one attached hydrogen (secondary N) is 1. The zero-order valence-electron chi connectivity index (χ0n) is 11.3. The molecule has 2 aromatic carbocycles. The van der Waals surface area contributed by atoms with Crippen LogP contribution in [0.2, 0.25) is 0 Å². The third-order valence-electron chi connectivity index (χ3n) is 3.35. The van der Waals surface area contributed by atoms with Crippen molar-refractivity contribution in [2.24, 2.45) is 5.84 Å². The summed E-state index contributed by atoms with van der Waals surface area (Å²) < 4.78 is 1.75. The van der Waals surface area contributed by atoms with Crippen molar-refractivity contribution in [2.75, 3.05) is 5.73 Å². The van der Waals surface area contributed by atoms with Crippen LogP contribution >= 0.6 is 0 Å². The summed E-state index contributed by atoms with van der Waals surface area (Å²) in [5.41, 5.74) is 12.1. The molecule has 0 aliphatic rings. The lowest BCUT2D eigenvalue weighted by Crippen LogP contribution is -2.31. The van der Waals surface area contributed by atoms with Crippen molar-refractivity contribution in [1.82, 2.24) is 20.4 Å². The molecule has 0 bridgehead atoms. The van der Waals surface area contributed by atoms with Crippen molar-refractivity contribution in [3.8, 4) is 5.69 Å². The Balaban J connectivity index is 2.08. The van der Waals surface area contributed by atoms with Gasteiger partial charge in [-0.2, -0.15) is 0 Å². The third-order valence-corrected chi connectivity index (χ3v) is 3.35. The maximum absolute atomic E-state index is 6.05. The summed E-state index contributed by atoms with van der Waals surface area (Å²) in [6, 6.07) is 17.1. The number of nitrogens with zero attached hydrogens (tertiary/aromatic N) is 3. The molecule has 0 aliphatic carbocycles. The summed E-state index contributed by atoms with van der Waals surface area (Å²) >= 11 is 0. The quantitative estimate of drug-likeness (QED) is 0.381. The summed E-state index contributed by atoms with van der Waals surface area (Å²) in [4.78, 5) is 0. The van der Waals surface area contributed by atoms with Gasteiger partial charge in [0, 0.05) is 5.69 Å². The SMILES string of the molecule is NNC(c1ccccc1N)c1cnnn1-c1ccccc1. The van der Waals surface area contributed by atoms with Gasteiger partial charge in [-0.15, -0.1) is 5.10 Å². The van der Waals surface area contributed by atoms with Gasteiger partial charge in [-0.3, -0.25) is 5.84 Å². The number of hydrogen-bond acceptors (Lipinski definition) is 5. The van der Waals surface area contributed by atoms with Gasteiger partial charge < -0.3 is 5.73 Å². The van der Waals surface area contributed by atoms with Crippen LogP contribution in [0.3, 0.4) is 0 Å². The van der Waals surface area contributed by atoms with E-state index in [9.17, 15) is 0 Å². The van der Waals surface area contributed by atoms with E-state index >= 15 is 0 Å². The van der Waals surface area contributed by atoms with E-state index in [0.29, 0.717) is 5.69 Å². The Labute approximate surface area is 122 Å². The van der Waals surface area contributed by atoms with E-state index in [-0.39, 0.29) is 6.04 Å². The van der Waals surface area contributed by atoms with Crippen LogP contribution < -0.4 is 17.0 Å². The van der Waals surface area contributed by atoms with Crippen LogP contribution in [0.15, 0.2) is 60.8 Å². The first-order chi connectivity index (χ1) is 10.3. The molecular weight excluding hydrogens is 264 g/mol. The minimum atomic E-state index is -0.290. The number of hydrogen-bond donors (Lipinski definition) is 3. The monoisotopic (exact) mass is 280 g/mol. The first-order valence-corrected chi connectivity index (χ1v) is 6.58. The van der Waals surface area contributed by atoms with Crippen molar-refractivity contribution in [2.45, 2.75) is 6.04 Å². The molecule has 0 radical (unpaired) electrons. The number of aromatic nitrogens is 3. The summed E-state index contributed by atoms with van der Waals surface area (Å²) in [7, 11) is 0. The fourth-order valence-electron chi connectivity index (χ4n) is 2.32. The molecule has 6 heteroatoms. The molecule has 0 spiro atoms. The van der Waals surface area contributed by atoms with Crippen LogP contribution in [0, 0.1) is 0 Å². The molecule has 0 amide bonds. The fraction of sp³-hybridized carbons (Fsp3) is 0.0667. The van der Waals surface area contributed by atoms with E-state index < -0.39 is 0 Å². The highest BCUT2D eigenvalue weighted by atomic mass is 15.4. The van der Waals surface area contributed by atoms with Crippen LogP contribution in [0.5, 0.6) is 0 Å². The molecule has 3 aromatic rings. The molecule has 0 saturated carbocycles. The Morgan fingerprint density at radius 3 is 2.43 bits per heavy atom. The van der Waals surface area contributed by atoms with Crippen molar-refractivity contribution >= 4 is 5.69 Å². The van der Waals surface area contributed by atoms with E-state index in [4.69, 9.17) is 11.6 Å². The first kappa shape index (κ1) is 13.3. The van der Waals surface area contributed by atoms with Crippen molar-refractivity contribution in [3.05, 3.63) is 72.1 Å². The summed E-state index contributed by atoms with van der Waals surface area (Å²) in [6.07, 6.45) is 1.68. The van der Waals surface area contributed by atoms with Gasteiger partial charge in [0.1, 0.15) is 0 Å². The zero-order valence-corrected chi connectivity index (χ0v) is 11.3. The highest BCUT2D eigenvalue weighted by Crippen LogP contribution is 2.26. The summed E-state index contributed by atoms with van der Waals surface area (Å²) in [6.45, 7) is 0. The maximum atomic E-state index is 6.05. The molecule has 1 unspecified atom stereocenters. The number of para-hydroxylation sites is 2. The van der Waals surface area contributed by atoms with E-state index in [1.54, 1.807) is 10.9 Å². The molecule has 1 atom stereocenters. The third kappa shape index (κ3) is 2.49. The predicted octanol–water partition coefficient (Wildman–Crippen LogP) is 1.40. The Kier molecular flexibility index (Phi) is 3.63. The van der Waals surface area contributed by atoms with Gasteiger partial charge >= 0.3 is 0 Å². The van der Waals surface area contributed by atoms with Gasteiger partial charge in [0.25, 0.3) is 0 Å². The molecule has 3 rings (SSSR count). The van der Waals surface area contributed by atoms with Crippen LogP contribution in [0.1, 0.15) is 17.3 Å². The fourth-order valence-corrected chi connectivity index (χ4v) is 2.32. The van der Waals surface area contributed by atoms with E-state index in [1.807, 2.05) is 54.6 Å². The largest absolute Gasteiger partial charge is 0.398 e. The number of nitrogen functional groups attached to an aromatic ring is 1. The van der Waals surface area contributed by atoms with Crippen molar-refractivity contribution < 1.29 is 0 Å². The lowest BCUT2D eigenvalue weighted by Gasteiger charge is -2.19. The number of hydrazine groups is 1. The summed E-state index contributed by atoms with van der Waals surface area (Å²) in [5.74, 6) is 5.74. The van der Waals surface area contributed by atoms with Crippen LogP contribution in [-0.2, 0) is 0 Å². The molecule has 0 aliphatic heterocycles. The highest BCUT2D eigenvalue weighted by molar-refractivity contribution is 5.50. The minimum absolute atomic E-state index is 0.290. The molecule has 0 fully saturated rings. The zero-order chi connectivity index (χ0) is 14.7. The topological polar surface area (TPSA) is 94.8 Å². The lowest BCUT2D eigenvalue weighted by molar-refractivity contribution is 0.597. The standard InChI is InChI=1S/C15H16N6/c16-13-9-5-4-8-12(13)15(19-17)14-10-18-20-21(14)11-6-2-1-3-7-11/h1-10,15,19H,16-17H2.